The van der Waals surface area contributed by atoms with Crippen molar-refractivity contribution < 1.29 is 9.53 Å². The van der Waals surface area contributed by atoms with Crippen molar-refractivity contribution in [3.8, 4) is 0 Å². The predicted octanol–water partition coefficient (Wildman–Crippen LogP) is 1.77. The third-order valence-corrected chi connectivity index (χ3v) is 5.21. The molecule has 0 saturated carbocycles. The Morgan fingerprint density at radius 3 is 2.71 bits per heavy atom. The molecule has 7 nitrogen and oxygen atoms in total. The lowest BCUT2D eigenvalue weighted by Crippen LogP contribution is -2.50. The smallest absolute Gasteiger partial charge is 0.224 e. The summed E-state index contributed by atoms with van der Waals surface area (Å²) in [5, 5.41) is 6.59. The van der Waals surface area contributed by atoms with Crippen molar-refractivity contribution in [2.24, 2.45) is 16.8 Å². The van der Waals surface area contributed by atoms with Crippen LogP contribution in [0.2, 0.25) is 0 Å². The van der Waals surface area contributed by atoms with Crippen molar-refractivity contribution >= 4 is 35.8 Å². The molecule has 0 bridgehead atoms. The van der Waals surface area contributed by atoms with Crippen LogP contribution in [0.15, 0.2) is 4.99 Å². The molecule has 2 atom stereocenters. The number of rotatable bonds is 7. The Hall–Kier alpha value is -0.610. The SMILES string of the molecule is CN=C(NCCC(=O)N1CCCC(C)C1)NCC1CN(CC(C)C)CCO1.I. The lowest BCUT2D eigenvalue weighted by atomic mass is 10.00. The van der Waals surface area contributed by atoms with Crippen molar-refractivity contribution in [2.45, 2.75) is 46.1 Å². The Labute approximate surface area is 188 Å². The molecular formula is C20H40IN5O2. The van der Waals surface area contributed by atoms with E-state index in [9.17, 15) is 4.79 Å². The molecule has 0 spiro atoms. The minimum atomic E-state index is 0. The Kier molecular flexibility index (Phi) is 12.3. The number of aliphatic imine (C=N–C) groups is 1. The van der Waals surface area contributed by atoms with E-state index in [0.717, 1.165) is 58.3 Å². The van der Waals surface area contributed by atoms with Gasteiger partial charge in [0.1, 0.15) is 0 Å². The Morgan fingerprint density at radius 2 is 2.04 bits per heavy atom. The second kappa shape index (κ2) is 13.6. The van der Waals surface area contributed by atoms with E-state index < -0.39 is 0 Å². The molecule has 0 aromatic carbocycles. The number of halogens is 1. The molecule has 2 heterocycles. The van der Waals surface area contributed by atoms with Gasteiger partial charge in [-0.2, -0.15) is 0 Å². The monoisotopic (exact) mass is 509 g/mol. The van der Waals surface area contributed by atoms with E-state index in [4.69, 9.17) is 4.74 Å². The average Bonchev–Trinajstić information content (AvgIpc) is 2.64. The third kappa shape index (κ3) is 9.26. The predicted molar refractivity (Wildman–Crippen MR) is 125 cm³/mol. The Morgan fingerprint density at radius 1 is 1.25 bits per heavy atom. The maximum absolute atomic E-state index is 12.3. The van der Waals surface area contributed by atoms with Gasteiger partial charge in [-0.25, -0.2) is 0 Å². The zero-order valence-corrected chi connectivity index (χ0v) is 20.4. The maximum atomic E-state index is 12.3. The first-order valence-corrected chi connectivity index (χ1v) is 10.5. The molecule has 0 aromatic rings. The number of nitrogens with one attached hydrogen (secondary N) is 2. The molecule has 28 heavy (non-hydrogen) atoms. The molecule has 164 valence electrons. The van der Waals surface area contributed by atoms with Crippen LogP contribution < -0.4 is 10.6 Å². The molecule has 0 aromatic heterocycles. The number of guanidine groups is 1. The third-order valence-electron chi connectivity index (χ3n) is 5.21. The van der Waals surface area contributed by atoms with Crippen molar-refractivity contribution in [1.29, 1.82) is 0 Å². The normalized spacial score (nSPS) is 24.0. The fourth-order valence-electron chi connectivity index (χ4n) is 3.88. The van der Waals surface area contributed by atoms with Crippen LogP contribution in [0.3, 0.4) is 0 Å². The molecule has 0 aliphatic carbocycles. The Balaban J connectivity index is 0.00000392. The maximum Gasteiger partial charge on any atom is 0.224 e. The standard InChI is InChI=1S/C20H39N5O2.HI/c1-16(2)13-24-10-11-27-18(15-24)12-23-20(21-4)22-8-7-19(26)25-9-5-6-17(3)14-25;/h16-18H,5-15H2,1-4H3,(H2,21,22,23);1H. The van der Waals surface area contributed by atoms with Gasteiger partial charge in [-0.15, -0.1) is 24.0 Å². The van der Waals surface area contributed by atoms with Gasteiger partial charge in [-0.1, -0.05) is 20.8 Å². The molecule has 2 aliphatic heterocycles. The second-order valence-electron chi connectivity index (χ2n) is 8.36. The number of morpholine rings is 1. The van der Waals surface area contributed by atoms with Crippen molar-refractivity contribution in [1.82, 2.24) is 20.4 Å². The van der Waals surface area contributed by atoms with E-state index in [0.29, 0.717) is 24.8 Å². The zero-order chi connectivity index (χ0) is 19.6. The summed E-state index contributed by atoms with van der Waals surface area (Å²) in [4.78, 5) is 21.1. The van der Waals surface area contributed by atoms with Gasteiger partial charge < -0.3 is 20.3 Å². The van der Waals surface area contributed by atoms with Gasteiger partial charge in [-0.3, -0.25) is 14.7 Å². The van der Waals surface area contributed by atoms with Crippen LogP contribution >= 0.6 is 24.0 Å². The summed E-state index contributed by atoms with van der Waals surface area (Å²) in [6.45, 7) is 13.7. The molecular weight excluding hydrogens is 469 g/mol. The van der Waals surface area contributed by atoms with E-state index in [1.165, 1.54) is 6.42 Å². The first-order chi connectivity index (χ1) is 13.0. The van der Waals surface area contributed by atoms with Crippen LogP contribution in [0.1, 0.15) is 40.0 Å². The van der Waals surface area contributed by atoms with E-state index in [-0.39, 0.29) is 36.0 Å². The highest BCUT2D eigenvalue weighted by Gasteiger charge is 2.22. The summed E-state index contributed by atoms with van der Waals surface area (Å²) in [6.07, 6.45) is 3.04. The van der Waals surface area contributed by atoms with Crippen LogP contribution in [0.4, 0.5) is 0 Å². The van der Waals surface area contributed by atoms with Gasteiger partial charge >= 0.3 is 0 Å². The zero-order valence-electron chi connectivity index (χ0n) is 18.1. The largest absolute Gasteiger partial charge is 0.374 e. The molecule has 0 radical (unpaired) electrons. The summed E-state index contributed by atoms with van der Waals surface area (Å²) < 4.78 is 5.87. The van der Waals surface area contributed by atoms with E-state index in [1.54, 1.807) is 7.05 Å². The summed E-state index contributed by atoms with van der Waals surface area (Å²) >= 11 is 0. The lowest BCUT2D eigenvalue weighted by molar-refractivity contribution is -0.132. The first-order valence-electron chi connectivity index (χ1n) is 10.5. The molecule has 2 N–H and O–H groups in total. The number of ether oxygens (including phenoxy) is 1. The number of hydrogen-bond donors (Lipinski definition) is 2. The highest BCUT2D eigenvalue weighted by molar-refractivity contribution is 14.0. The van der Waals surface area contributed by atoms with E-state index >= 15 is 0 Å². The summed E-state index contributed by atoms with van der Waals surface area (Å²) in [7, 11) is 1.76. The quantitative estimate of drug-likeness (QED) is 0.311. The minimum Gasteiger partial charge on any atom is -0.374 e. The molecule has 8 heteroatoms. The van der Waals surface area contributed by atoms with Gasteiger partial charge in [0.2, 0.25) is 5.91 Å². The fraction of sp³-hybridized carbons (Fsp3) is 0.900. The topological polar surface area (TPSA) is 69.2 Å². The summed E-state index contributed by atoms with van der Waals surface area (Å²) in [6, 6.07) is 0. The molecule has 2 unspecified atom stereocenters. The van der Waals surface area contributed by atoms with E-state index in [1.807, 2.05) is 4.90 Å². The Bertz CT molecular complexity index is 489. The van der Waals surface area contributed by atoms with Crippen molar-refractivity contribution in [2.75, 3.05) is 59.5 Å². The van der Waals surface area contributed by atoms with Gasteiger partial charge in [0.25, 0.3) is 0 Å². The minimum absolute atomic E-state index is 0. The second-order valence-corrected chi connectivity index (χ2v) is 8.36. The van der Waals surface area contributed by atoms with Crippen LogP contribution in [0.5, 0.6) is 0 Å². The van der Waals surface area contributed by atoms with Crippen molar-refractivity contribution in [3.63, 3.8) is 0 Å². The molecule has 2 rings (SSSR count). The molecule has 2 saturated heterocycles. The van der Waals surface area contributed by atoms with Crippen molar-refractivity contribution in [3.05, 3.63) is 0 Å². The van der Waals surface area contributed by atoms with Gasteiger partial charge in [0.15, 0.2) is 5.96 Å². The van der Waals surface area contributed by atoms with Crippen LogP contribution in [0.25, 0.3) is 0 Å². The lowest BCUT2D eigenvalue weighted by Gasteiger charge is -2.34. The van der Waals surface area contributed by atoms with Crippen LogP contribution in [0, 0.1) is 11.8 Å². The van der Waals surface area contributed by atoms with Crippen LogP contribution in [-0.4, -0.2) is 87.2 Å². The number of carbonyl (C=O) groups is 1. The fourth-order valence-corrected chi connectivity index (χ4v) is 3.88. The average molecular weight is 509 g/mol. The number of piperidine rings is 1. The van der Waals surface area contributed by atoms with Crippen LogP contribution in [-0.2, 0) is 9.53 Å². The summed E-state index contributed by atoms with van der Waals surface area (Å²) in [5.74, 6) is 2.27. The van der Waals surface area contributed by atoms with Gasteiger partial charge in [-0.05, 0) is 24.7 Å². The molecule has 2 aliphatic rings. The molecule has 2 fully saturated rings. The highest BCUT2D eigenvalue weighted by atomic mass is 127. The highest BCUT2D eigenvalue weighted by Crippen LogP contribution is 2.15. The van der Waals surface area contributed by atoms with Gasteiger partial charge in [0.05, 0.1) is 12.7 Å². The molecule has 1 amide bonds. The number of amides is 1. The van der Waals surface area contributed by atoms with Gasteiger partial charge in [0, 0.05) is 59.3 Å². The number of carbonyl (C=O) groups excluding carboxylic acids is 1. The number of nitrogens with zero attached hydrogens (tertiary/aromatic N) is 3. The number of hydrogen-bond acceptors (Lipinski definition) is 4. The number of likely N-dealkylation sites (tertiary alicyclic amines) is 1. The van der Waals surface area contributed by atoms with E-state index in [2.05, 4.69) is 41.3 Å². The first kappa shape index (κ1) is 25.4. The summed E-state index contributed by atoms with van der Waals surface area (Å²) in [5.41, 5.74) is 0.